The molecule has 0 aliphatic carbocycles. The number of carbonyl (C=O) groups is 1. The lowest BCUT2D eigenvalue weighted by Crippen LogP contribution is -2.32. The largest absolute Gasteiger partial charge is 0.492 e. The monoisotopic (exact) mass is 338 g/mol. The number of halogens is 2. The molecule has 0 bridgehead atoms. The van der Waals surface area contributed by atoms with Crippen molar-refractivity contribution in [2.45, 2.75) is 6.92 Å². The smallest absolute Gasteiger partial charge is 0.319 e. The highest BCUT2D eigenvalue weighted by molar-refractivity contribution is 6.42. The SMILES string of the molecule is Cc1cccc(OCCNC(=O)Nc2ccc(Cl)c(Cl)c2)c1. The maximum atomic E-state index is 11.7. The minimum atomic E-state index is -0.328. The Balaban J connectivity index is 1.72. The van der Waals surface area contributed by atoms with Crippen LogP contribution >= 0.6 is 23.2 Å². The highest BCUT2D eigenvalue weighted by Crippen LogP contribution is 2.24. The van der Waals surface area contributed by atoms with Crippen LogP contribution in [0.4, 0.5) is 10.5 Å². The number of nitrogens with one attached hydrogen (secondary N) is 2. The Kier molecular flexibility index (Phi) is 5.92. The number of carbonyl (C=O) groups excluding carboxylic acids is 1. The van der Waals surface area contributed by atoms with Crippen molar-refractivity contribution in [3.8, 4) is 5.75 Å². The van der Waals surface area contributed by atoms with Gasteiger partial charge in [0.05, 0.1) is 16.6 Å². The van der Waals surface area contributed by atoms with Crippen molar-refractivity contribution in [1.29, 1.82) is 0 Å². The maximum Gasteiger partial charge on any atom is 0.319 e. The summed E-state index contributed by atoms with van der Waals surface area (Å²) in [6.07, 6.45) is 0. The number of benzene rings is 2. The van der Waals surface area contributed by atoms with Gasteiger partial charge in [-0.05, 0) is 42.8 Å². The van der Waals surface area contributed by atoms with Crippen LogP contribution in [0.3, 0.4) is 0 Å². The fraction of sp³-hybridized carbons (Fsp3) is 0.188. The molecule has 4 nitrogen and oxygen atoms in total. The minimum Gasteiger partial charge on any atom is -0.492 e. The van der Waals surface area contributed by atoms with Gasteiger partial charge >= 0.3 is 6.03 Å². The fourth-order valence-electron chi connectivity index (χ4n) is 1.79. The standard InChI is InChI=1S/C16H16Cl2N2O2/c1-11-3-2-4-13(9-11)22-8-7-19-16(21)20-12-5-6-14(17)15(18)10-12/h2-6,9-10H,7-8H2,1H3,(H2,19,20,21). The molecule has 0 aliphatic heterocycles. The molecule has 2 N–H and O–H groups in total. The number of amides is 2. The van der Waals surface area contributed by atoms with Crippen molar-refractivity contribution in [2.24, 2.45) is 0 Å². The minimum absolute atomic E-state index is 0.328. The molecule has 22 heavy (non-hydrogen) atoms. The first-order valence-electron chi connectivity index (χ1n) is 6.74. The van der Waals surface area contributed by atoms with E-state index in [4.69, 9.17) is 27.9 Å². The Morgan fingerprint density at radius 2 is 1.95 bits per heavy atom. The first kappa shape index (κ1) is 16.5. The molecule has 0 spiro atoms. The summed E-state index contributed by atoms with van der Waals surface area (Å²) >= 11 is 11.7. The van der Waals surface area contributed by atoms with Gasteiger partial charge in [-0.3, -0.25) is 0 Å². The van der Waals surface area contributed by atoms with Crippen LogP contribution in [0.15, 0.2) is 42.5 Å². The van der Waals surface area contributed by atoms with Crippen LogP contribution in [-0.2, 0) is 0 Å². The van der Waals surface area contributed by atoms with Crippen LogP contribution in [0.2, 0.25) is 10.0 Å². The Hall–Kier alpha value is -1.91. The average molecular weight is 339 g/mol. The summed E-state index contributed by atoms with van der Waals surface area (Å²) in [7, 11) is 0. The zero-order chi connectivity index (χ0) is 15.9. The second kappa shape index (κ2) is 7.92. The molecule has 0 saturated heterocycles. The van der Waals surface area contributed by atoms with Crippen molar-refractivity contribution in [3.05, 3.63) is 58.1 Å². The number of hydrogen-bond donors (Lipinski definition) is 2. The van der Waals surface area contributed by atoms with Crippen LogP contribution in [0.25, 0.3) is 0 Å². The third-order valence-electron chi connectivity index (χ3n) is 2.82. The first-order valence-corrected chi connectivity index (χ1v) is 7.49. The van der Waals surface area contributed by atoms with Crippen LogP contribution < -0.4 is 15.4 Å². The number of urea groups is 1. The summed E-state index contributed by atoms with van der Waals surface area (Å²) < 4.78 is 5.54. The van der Waals surface area contributed by atoms with Gasteiger partial charge in [0.15, 0.2) is 0 Å². The lowest BCUT2D eigenvalue weighted by molar-refractivity contribution is 0.247. The third-order valence-corrected chi connectivity index (χ3v) is 3.56. The maximum absolute atomic E-state index is 11.7. The molecular formula is C16H16Cl2N2O2. The van der Waals surface area contributed by atoms with E-state index in [9.17, 15) is 4.79 Å². The van der Waals surface area contributed by atoms with E-state index >= 15 is 0 Å². The summed E-state index contributed by atoms with van der Waals surface area (Å²) in [6, 6.07) is 12.3. The average Bonchev–Trinajstić information content (AvgIpc) is 2.48. The zero-order valence-electron chi connectivity index (χ0n) is 12.0. The van der Waals surface area contributed by atoms with Crippen LogP contribution in [-0.4, -0.2) is 19.2 Å². The van der Waals surface area contributed by atoms with Gasteiger partial charge in [0.2, 0.25) is 0 Å². The second-order valence-electron chi connectivity index (χ2n) is 4.67. The molecule has 0 heterocycles. The van der Waals surface area contributed by atoms with E-state index in [1.54, 1.807) is 18.2 Å². The van der Waals surface area contributed by atoms with Gasteiger partial charge in [-0.25, -0.2) is 4.79 Å². The van der Waals surface area contributed by atoms with Crippen molar-refractivity contribution < 1.29 is 9.53 Å². The normalized spacial score (nSPS) is 10.1. The highest BCUT2D eigenvalue weighted by atomic mass is 35.5. The van der Waals surface area contributed by atoms with Gasteiger partial charge in [-0.15, -0.1) is 0 Å². The molecule has 2 amide bonds. The molecule has 0 radical (unpaired) electrons. The number of anilines is 1. The molecule has 0 fully saturated rings. The van der Waals surface area contributed by atoms with Crippen LogP contribution in [0, 0.1) is 6.92 Å². The zero-order valence-corrected chi connectivity index (χ0v) is 13.5. The Morgan fingerprint density at radius 3 is 2.68 bits per heavy atom. The fourth-order valence-corrected chi connectivity index (χ4v) is 2.09. The molecule has 2 aromatic carbocycles. The van der Waals surface area contributed by atoms with Crippen molar-refractivity contribution in [3.63, 3.8) is 0 Å². The molecule has 0 aliphatic rings. The lowest BCUT2D eigenvalue weighted by Gasteiger charge is -2.10. The summed E-state index contributed by atoms with van der Waals surface area (Å²) in [5, 5.41) is 6.20. The molecule has 116 valence electrons. The van der Waals surface area contributed by atoms with Crippen LogP contribution in [0.1, 0.15) is 5.56 Å². The van der Waals surface area contributed by atoms with E-state index in [1.165, 1.54) is 0 Å². The summed E-state index contributed by atoms with van der Waals surface area (Å²) in [5.74, 6) is 0.784. The molecule has 2 aromatic rings. The molecule has 0 aromatic heterocycles. The number of ether oxygens (including phenoxy) is 1. The highest BCUT2D eigenvalue weighted by Gasteiger charge is 2.04. The predicted octanol–water partition coefficient (Wildman–Crippen LogP) is 4.50. The van der Waals surface area contributed by atoms with E-state index in [2.05, 4.69) is 10.6 Å². The van der Waals surface area contributed by atoms with E-state index in [1.807, 2.05) is 31.2 Å². The first-order chi connectivity index (χ1) is 10.5. The van der Waals surface area contributed by atoms with Gasteiger partial charge in [0, 0.05) is 5.69 Å². The van der Waals surface area contributed by atoms with E-state index < -0.39 is 0 Å². The topological polar surface area (TPSA) is 50.4 Å². The number of hydrogen-bond acceptors (Lipinski definition) is 2. The predicted molar refractivity (Wildman–Crippen MR) is 90.2 cm³/mol. The molecule has 0 unspecified atom stereocenters. The molecule has 0 saturated carbocycles. The lowest BCUT2D eigenvalue weighted by atomic mass is 10.2. The summed E-state index contributed by atoms with van der Waals surface area (Å²) in [6.45, 7) is 2.77. The number of aryl methyl sites for hydroxylation is 1. The third kappa shape index (κ3) is 5.13. The summed E-state index contributed by atoms with van der Waals surface area (Å²) in [5.41, 5.74) is 1.70. The molecular weight excluding hydrogens is 323 g/mol. The van der Waals surface area contributed by atoms with E-state index in [0.717, 1.165) is 11.3 Å². The molecule has 6 heteroatoms. The van der Waals surface area contributed by atoms with Crippen molar-refractivity contribution in [1.82, 2.24) is 5.32 Å². The quantitative estimate of drug-likeness (QED) is 0.788. The second-order valence-corrected chi connectivity index (χ2v) is 5.49. The Labute approximate surface area is 139 Å². The van der Waals surface area contributed by atoms with Crippen LogP contribution in [0.5, 0.6) is 5.75 Å². The van der Waals surface area contributed by atoms with Gasteiger partial charge < -0.3 is 15.4 Å². The van der Waals surface area contributed by atoms with Gasteiger partial charge in [-0.1, -0.05) is 35.3 Å². The Bertz CT molecular complexity index is 662. The van der Waals surface area contributed by atoms with Crippen molar-refractivity contribution >= 4 is 34.9 Å². The molecule has 0 atom stereocenters. The van der Waals surface area contributed by atoms with E-state index in [-0.39, 0.29) is 6.03 Å². The van der Waals surface area contributed by atoms with E-state index in [0.29, 0.717) is 28.9 Å². The summed E-state index contributed by atoms with van der Waals surface area (Å²) in [4.78, 5) is 11.7. The van der Waals surface area contributed by atoms with Crippen molar-refractivity contribution in [2.75, 3.05) is 18.5 Å². The van der Waals surface area contributed by atoms with Gasteiger partial charge in [-0.2, -0.15) is 0 Å². The van der Waals surface area contributed by atoms with Gasteiger partial charge in [0.1, 0.15) is 12.4 Å². The number of rotatable bonds is 5. The molecule has 2 rings (SSSR count). The Morgan fingerprint density at radius 1 is 1.14 bits per heavy atom. The van der Waals surface area contributed by atoms with Gasteiger partial charge in [0.25, 0.3) is 0 Å².